The van der Waals surface area contributed by atoms with Crippen molar-refractivity contribution in [2.45, 2.75) is 20.3 Å². The fraction of sp³-hybridized carbons (Fsp3) is 0.267. The SMILES string of the molecule is CCC1C=CC=C(C)C=C1c1ccncc1. The molecular weight excluding hydrogens is 194 g/mol. The van der Waals surface area contributed by atoms with Crippen molar-refractivity contribution in [2.24, 2.45) is 5.92 Å². The molecular formula is C15H17N. The molecule has 16 heavy (non-hydrogen) atoms. The Bertz CT molecular complexity index is 438. The second-order valence-corrected chi connectivity index (χ2v) is 4.15. The Morgan fingerprint density at radius 2 is 2.00 bits per heavy atom. The lowest BCUT2D eigenvalue weighted by atomic mass is 9.90. The number of hydrogen-bond acceptors (Lipinski definition) is 1. The maximum absolute atomic E-state index is 4.07. The van der Waals surface area contributed by atoms with E-state index in [2.05, 4.69) is 55.3 Å². The van der Waals surface area contributed by atoms with E-state index < -0.39 is 0 Å². The first kappa shape index (κ1) is 10.9. The van der Waals surface area contributed by atoms with E-state index in [1.807, 2.05) is 12.4 Å². The Morgan fingerprint density at radius 3 is 2.69 bits per heavy atom. The lowest BCUT2D eigenvalue weighted by Gasteiger charge is -2.14. The van der Waals surface area contributed by atoms with Crippen LogP contribution in [0.2, 0.25) is 0 Å². The lowest BCUT2D eigenvalue weighted by Crippen LogP contribution is -1.98. The van der Waals surface area contributed by atoms with Gasteiger partial charge in [0.25, 0.3) is 0 Å². The topological polar surface area (TPSA) is 12.9 Å². The van der Waals surface area contributed by atoms with Crippen LogP contribution in [0.5, 0.6) is 0 Å². The van der Waals surface area contributed by atoms with E-state index in [0.717, 1.165) is 6.42 Å². The summed E-state index contributed by atoms with van der Waals surface area (Å²) in [4.78, 5) is 4.07. The molecule has 0 aliphatic heterocycles. The van der Waals surface area contributed by atoms with Crippen LogP contribution in [-0.4, -0.2) is 4.98 Å². The minimum absolute atomic E-state index is 0.510. The highest BCUT2D eigenvalue weighted by Crippen LogP contribution is 2.29. The Kier molecular flexibility index (Phi) is 3.35. The largest absolute Gasteiger partial charge is 0.265 e. The first-order chi connectivity index (χ1) is 7.81. The van der Waals surface area contributed by atoms with Crippen LogP contribution in [0.25, 0.3) is 5.57 Å². The molecule has 1 aromatic rings. The summed E-state index contributed by atoms with van der Waals surface area (Å²) in [5, 5.41) is 0. The number of hydrogen-bond donors (Lipinski definition) is 0. The van der Waals surface area contributed by atoms with Crippen LogP contribution in [0.1, 0.15) is 25.8 Å². The number of nitrogens with zero attached hydrogens (tertiary/aromatic N) is 1. The molecule has 0 aromatic carbocycles. The first-order valence-corrected chi connectivity index (χ1v) is 5.78. The Labute approximate surface area is 97.2 Å². The van der Waals surface area contributed by atoms with Crippen molar-refractivity contribution in [1.29, 1.82) is 0 Å². The van der Waals surface area contributed by atoms with E-state index in [9.17, 15) is 0 Å². The Morgan fingerprint density at radius 1 is 1.25 bits per heavy atom. The van der Waals surface area contributed by atoms with Gasteiger partial charge in [-0.05, 0) is 36.6 Å². The molecule has 1 aliphatic rings. The third-order valence-electron chi connectivity index (χ3n) is 2.94. The van der Waals surface area contributed by atoms with Crippen LogP contribution in [0, 0.1) is 5.92 Å². The van der Waals surface area contributed by atoms with Gasteiger partial charge in [0.2, 0.25) is 0 Å². The molecule has 0 saturated heterocycles. The van der Waals surface area contributed by atoms with E-state index in [1.54, 1.807) is 0 Å². The van der Waals surface area contributed by atoms with Gasteiger partial charge in [-0.1, -0.05) is 36.8 Å². The molecule has 0 bridgehead atoms. The average Bonchev–Trinajstić information content (AvgIpc) is 2.52. The van der Waals surface area contributed by atoms with Gasteiger partial charge in [0.1, 0.15) is 0 Å². The molecule has 1 aromatic heterocycles. The molecule has 1 nitrogen and oxygen atoms in total. The fourth-order valence-corrected chi connectivity index (χ4v) is 2.04. The third kappa shape index (κ3) is 2.30. The molecule has 0 radical (unpaired) electrons. The average molecular weight is 211 g/mol. The van der Waals surface area contributed by atoms with Crippen molar-refractivity contribution in [3.63, 3.8) is 0 Å². The molecule has 1 aliphatic carbocycles. The van der Waals surface area contributed by atoms with Crippen LogP contribution in [0.15, 0.2) is 54.4 Å². The Hall–Kier alpha value is -1.63. The fourth-order valence-electron chi connectivity index (χ4n) is 2.04. The second-order valence-electron chi connectivity index (χ2n) is 4.15. The molecule has 2 rings (SSSR count). The van der Waals surface area contributed by atoms with Gasteiger partial charge in [-0.25, -0.2) is 0 Å². The van der Waals surface area contributed by atoms with E-state index in [1.165, 1.54) is 16.7 Å². The van der Waals surface area contributed by atoms with Crippen molar-refractivity contribution >= 4 is 5.57 Å². The highest BCUT2D eigenvalue weighted by molar-refractivity contribution is 5.71. The van der Waals surface area contributed by atoms with E-state index in [4.69, 9.17) is 0 Å². The van der Waals surface area contributed by atoms with Gasteiger partial charge in [-0.2, -0.15) is 0 Å². The summed E-state index contributed by atoms with van der Waals surface area (Å²) in [5.74, 6) is 0.510. The first-order valence-electron chi connectivity index (χ1n) is 5.78. The van der Waals surface area contributed by atoms with Crippen molar-refractivity contribution in [2.75, 3.05) is 0 Å². The summed E-state index contributed by atoms with van der Waals surface area (Å²) in [6.07, 6.45) is 13.7. The summed E-state index contributed by atoms with van der Waals surface area (Å²) >= 11 is 0. The quantitative estimate of drug-likeness (QED) is 0.720. The predicted molar refractivity (Wildman–Crippen MR) is 68.9 cm³/mol. The van der Waals surface area contributed by atoms with Crippen LogP contribution in [0.4, 0.5) is 0 Å². The summed E-state index contributed by atoms with van der Waals surface area (Å²) in [6.45, 7) is 4.37. The highest BCUT2D eigenvalue weighted by atomic mass is 14.6. The van der Waals surface area contributed by atoms with Crippen LogP contribution < -0.4 is 0 Å². The van der Waals surface area contributed by atoms with Gasteiger partial charge >= 0.3 is 0 Å². The number of rotatable bonds is 2. The smallest absolute Gasteiger partial charge is 0.0273 e. The van der Waals surface area contributed by atoms with Crippen LogP contribution in [0.3, 0.4) is 0 Å². The molecule has 0 N–H and O–H groups in total. The summed E-state index contributed by atoms with van der Waals surface area (Å²) in [7, 11) is 0. The van der Waals surface area contributed by atoms with E-state index in [-0.39, 0.29) is 0 Å². The van der Waals surface area contributed by atoms with E-state index >= 15 is 0 Å². The maximum Gasteiger partial charge on any atom is 0.0273 e. The molecule has 0 saturated carbocycles. The second kappa shape index (κ2) is 4.93. The zero-order chi connectivity index (χ0) is 11.4. The van der Waals surface area contributed by atoms with Gasteiger partial charge in [0, 0.05) is 18.3 Å². The predicted octanol–water partition coefficient (Wildman–Crippen LogP) is 4.01. The number of pyridine rings is 1. The van der Waals surface area contributed by atoms with Gasteiger partial charge in [-0.15, -0.1) is 0 Å². The molecule has 1 heteroatoms. The molecule has 1 unspecified atom stereocenters. The van der Waals surface area contributed by atoms with E-state index in [0.29, 0.717) is 5.92 Å². The molecule has 1 heterocycles. The van der Waals surface area contributed by atoms with Crippen molar-refractivity contribution < 1.29 is 0 Å². The highest BCUT2D eigenvalue weighted by Gasteiger charge is 2.12. The number of allylic oxidation sites excluding steroid dienone is 6. The lowest BCUT2D eigenvalue weighted by molar-refractivity contribution is 0.794. The van der Waals surface area contributed by atoms with Crippen molar-refractivity contribution in [1.82, 2.24) is 4.98 Å². The third-order valence-corrected chi connectivity index (χ3v) is 2.94. The molecule has 0 amide bonds. The van der Waals surface area contributed by atoms with Crippen molar-refractivity contribution in [3.8, 4) is 0 Å². The van der Waals surface area contributed by atoms with Crippen molar-refractivity contribution in [3.05, 3.63) is 60.0 Å². The molecule has 82 valence electrons. The minimum Gasteiger partial charge on any atom is -0.265 e. The van der Waals surface area contributed by atoms with Gasteiger partial charge < -0.3 is 0 Å². The standard InChI is InChI=1S/C15H17N/c1-3-13-6-4-5-12(2)11-15(13)14-7-9-16-10-8-14/h4-11,13H,3H2,1-2H3. The summed E-state index contributed by atoms with van der Waals surface area (Å²) in [6, 6.07) is 4.17. The monoisotopic (exact) mass is 211 g/mol. The molecule has 1 atom stereocenters. The van der Waals surface area contributed by atoms with Gasteiger partial charge in [0.15, 0.2) is 0 Å². The Balaban J connectivity index is 2.43. The summed E-state index contributed by atoms with van der Waals surface area (Å²) in [5.41, 5.74) is 3.98. The van der Waals surface area contributed by atoms with Crippen LogP contribution in [-0.2, 0) is 0 Å². The van der Waals surface area contributed by atoms with Crippen LogP contribution >= 0.6 is 0 Å². The zero-order valence-corrected chi connectivity index (χ0v) is 9.85. The normalized spacial score (nSPS) is 20.0. The zero-order valence-electron chi connectivity index (χ0n) is 9.85. The number of aromatic nitrogens is 1. The van der Waals surface area contributed by atoms with Gasteiger partial charge in [0.05, 0.1) is 0 Å². The summed E-state index contributed by atoms with van der Waals surface area (Å²) < 4.78 is 0. The maximum atomic E-state index is 4.07. The molecule has 0 fully saturated rings. The van der Waals surface area contributed by atoms with Gasteiger partial charge in [-0.3, -0.25) is 4.98 Å². The minimum atomic E-state index is 0.510. The molecule has 0 spiro atoms.